The van der Waals surface area contributed by atoms with Crippen molar-refractivity contribution in [1.82, 2.24) is 20.8 Å². The molecule has 0 aromatic carbocycles. The molecule has 5 N–H and O–H groups in total. The van der Waals surface area contributed by atoms with Crippen LogP contribution in [0.4, 0.5) is 5.82 Å². The minimum atomic E-state index is -0.416. The van der Waals surface area contributed by atoms with Crippen LogP contribution in [0, 0.1) is 0 Å². The molecule has 7 nitrogen and oxygen atoms in total. The lowest BCUT2D eigenvalue weighted by Crippen LogP contribution is -2.41. The maximum absolute atomic E-state index is 11.6. The summed E-state index contributed by atoms with van der Waals surface area (Å²) in [4.78, 5) is 22.5. The molecule has 1 aliphatic heterocycles. The molecule has 2 heterocycles. The fraction of sp³-hybridized carbons (Fsp3) is 0.444. The lowest BCUT2D eigenvalue weighted by molar-refractivity contribution is -0.125. The van der Waals surface area contributed by atoms with E-state index >= 15 is 0 Å². The molecule has 7 heteroatoms. The van der Waals surface area contributed by atoms with E-state index in [1.165, 1.54) is 0 Å². The molecule has 0 spiro atoms. The number of hydrogen-bond donors (Lipinski definition) is 4. The van der Waals surface area contributed by atoms with Crippen molar-refractivity contribution in [2.24, 2.45) is 0 Å². The number of rotatable bonds is 3. The Kier molecular flexibility index (Phi) is 2.76. The molecule has 0 aliphatic carbocycles. The Morgan fingerprint density at radius 1 is 1.69 bits per heavy atom. The average molecular weight is 223 g/mol. The van der Waals surface area contributed by atoms with Crippen LogP contribution in [0.2, 0.25) is 0 Å². The highest BCUT2D eigenvalue weighted by Gasteiger charge is 2.26. The van der Waals surface area contributed by atoms with Gasteiger partial charge in [-0.3, -0.25) is 14.7 Å². The zero-order valence-electron chi connectivity index (χ0n) is 8.62. The Morgan fingerprint density at radius 2 is 2.50 bits per heavy atom. The minimum absolute atomic E-state index is 0.0806. The first-order valence-corrected chi connectivity index (χ1v) is 5.01. The highest BCUT2D eigenvalue weighted by Crippen LogP contribution is 2.08. The Balaban J connectivity index is 1.84. The number of aromatic nitrogens is 2. The van der Waals surface area contributed by atoms with Crippen molar-refractivity contribution in [2.45, 2.75) is 25.4 Å². The largest absolute Gasteiger partial charge is 0.384 e. The van der Waals surface area contributed by atoms with Crippen LogP contribution in [0.1, 0.15) is 18.4 Å². The van der Waals surface area contributed by atoms with Crippen molar-refractivity contribution >= 4 is 17.6 Å². The second kappa shape index (κ2) is 4.21. The van der Waals surface area contributed by atoms with Crippen LogP contribution < -0.4 is 16.4 Å². The highest BCUT2D eigenvalue weighted by atomic mass is 16.2. The summed E-state index contributed by atoms with van der Waals surface area (Å²) in [7, 11) is 0. The van der Waals surface area contributed by atoms with Gasteiger partial charge in [0.25, 0.3) is 0 Å². The molecule has 86 valence electrons. The maximum Gasteiger partial charge on any atom is 0.242 e. The lowest BCUT2D eigenvalue weighted by Gasteiger charge is -2.10. The smallest absolute Gasteiger partial charge is 0.242 e. The molecule has 1 fully saturated rings. The van der Waals surface area contributed by atoms with Crippen molar-refractivity contribution in [3.63, 3.8) is 0 Å². The van der Waals surface area contributed by atoms with Gasteiger partial charge in [-0.1, -0.05) is 0 Å². The summed E-state index contributed by atoms with van der Waals surface area (Å²) in [6.07, 6.45) is 2.51. The molecule has 1 aliphatic rings. The Labute approximate surface area is 91.8 Å². The molecular formula is C9H13N5O2. The van der Waals surface area contributed by atoms with Gasteiger partial charge in [-0.25, -0.2) is 0 Å². The Bertz CT molecular complexity index is 414. The molecule has 1 saturated heterocycles. The zero-order chi connectivity index (χ0) is 11.5. The molecule has 2 rings (SSSR count). The Hall–Kier alpha value is -2.05. The summed E-state index contributed by atoms with van der Waals surface area (Å²) in [6, 6.07) is -0.416. The van der Waals surface area contributed by atoms with E-state index in [0.717, 1.165) is 5.56 Å². The van der Waals surface area contributed by atoms with Crippen LogP contribution in [0.25, 0.3) is 0 Å². The van der Waals surface area contributed by atoms with Crippen LogP contribution in [-0.4, -0.2) is 28.1 Å². The number of amides is 2. The van der Waals surface area contributed by atoms with Crippen LogP contribution in [0.5, 0.6) is 0 Å². The van der Waals surface area contributed by atoms with Gasteiger partial charge in [-0.2, -0.15) is 5.10 Å². The fourth-order valence-corrected chi connectivity index (χ4v) is 1.58. The van der Waals surface area contributed by atoms with Gasteiger partial charge in [-0.15, -0.1) is 0 Å². The summed E-state index contributed by atoms with van der Waals surface area (Å²) in [5.74, 6) is 0.171. The van der Waals surface area contributed by atoms with Gasteiger partial charge in [0.05, 0.1) is 6.20 Å². The van der Waals surface area contributed by atoms with E-state index in [9.17, 15) is 9.59 Å². The number of anilines is 1. The molecule has 0 bridgehead atoms. The van der Waals surface area contributed by atoms with Crippen LogP contribution >= 0.6 is 0 Å². The minimum Gasteiger partial charge on any atom is -0.384 e. The topological polar surface area (TPSA) is 113 Å². The molecule has 1 atom stereocenters. The number of carbonyl (C=O) groups is 2. The van der Waals surface area contributed by atoms with E-state index in [1.54, 1.807) is 6.20 Å². The molecule has 0 radical (unpaired) electrons. The fourth-order valence-electron chi connectivity index (χ4n) is 1.58. The zero-order valence-corrected chi connectivity index (χ0v) is 8.62. The third-order valence-electron chi connectivity index (χ3n) is 2.52. The van der Waals surface area contributed by atoms with Gasteiger partial charge in [0.2, 0.25) is 11.8 Å². The van der Waals surface area contributed by atoms with Gasteiger partial charge < -0.3 is 16.4 Å². The van der Waals surface area contributed by atoms with E-state index in [2.05, 4.69) is 20.8 Å². The maximum atomic E-state index is 11.6. The summed E-state index contributed by atoms with van der Waals surface area (Å²) in [6.45, 7) is 0.313. The monoisotopic (exact) mass is 223 g/mol. The van der Waals surface area contributed by atoms with Gasteiger partial charge in [-0.05, 0) is 6.42 Å². The number of aromatic amines is 1. The summed E-state index contributed by atoms with van der Waals surface area (Å²) >= 11 is 0. The van der Waals surface area contributed by atoms with Gasteiger partial charge >= 0.3 is 0 Å². The van der Waals surface area contributed by atoms with Crippen LogP contribution in [-0.2, 0) is 16.1 Å². The third-order valence-corrected chi connectivity index (χ3v) is 2.52. The first-order chi connectivity index (χ1) is 7.66. The molecule has 2 amide bonds. The van der Waals surface area contributed by atoms with E-state index in [4.69, 9.17) is 5.73 Å². The summed E-state index contributed by atoms with van der Waals surface area (Å²) < 4.78 is 0. The highest BCUT2D eigenvalue weighted by molar-refractivity contribution is 5.90. The third kappa shape index (κ3) is 2.13. The van der Waals surface area contributed by atoms with Gasteiger partial charge in [0.15, 0.2) is 0 Å². The van der Waals surface area contributed by atoms with Crippen molar-refractivity contribution in [2.75, 3.05) is 5.73 Å². The standard InChI is InChI=1S/C9H13N5O2/c10-8-5(4-12-14-8)3-11-9(16)6-1-2-7(15)13-6/h4,6H,1-3H2,(H,11,16)(H,13,15)(H3,10,12,14)/t6-/m0/s1. The van der Waals surface area contributed by atoms with Crippen molar-refractivity contribution in [1.29, 1.82) is 0 Å². The first-order valence-electron chi connectivity index (χ1n) is 5.01. The Morgan fingerprint density at radius 3 is 3.06 bits per heavy atom. The molecular weight excluding hydrogens is 210 g/mol. The SMILES string of the molecule is Nc1[nH]ncc1CNC(=O)[C@@H]1CCC(=O)N1. The molecule has 1 aromatic heterocycles. The summed E-state index contributed by atoms with van der Waals surface area (Å²) in [5.41, 5.74) is 6.30. The number of H-pyrrole nitrogens is 1. The predicted octanol–water partition coefficient (Wildman–Crippen LogP) is -1.11. The summed E-state index contributed by atoms with van der Waals surface area (Å²) in [5, 5.41) is 11.6. The second-order valence-electron chi connectivity index (χ2n) is 3.69. The number of hydrogen-bond acceptors (Lipinski definition) is 4. The molecule has 0 saturated carbocycles. The quantitative estimate of drug-likeness (QED) is 0.520. The number of carbonyl (C=O) groups excluding carboxylic acids is 2. The molecule has 1 aromatic rings. The second-order valence-corrected chi connectivity index (χ2v) is 3.69. The molecule has 0 unspecified atom stereocenters. The first kappa shape index (κ1) is 10.5. The van der Waals surface area contributed by atoms with Crippen molar-refractivity contribution < 1.29 is 9.59 Å². The number of nitrogen functional groups attached to an aromatic ring is 1. The van der Waals surface area contributed by atoms with E-state index in [1.807, 2.05) is 0 Å². The van der Waals surface area contributed by atoms with Crippen molar-refractivity contribution in [3.8, 4) is 0 Å². The number of nitrogens with two attached hydrogens (primary N) is 1. The lowest BCUT2D eigenvalue weighted by atomic mass is 10.2. The van der Waals surface area contributed by atoms with Gasteiger partial charge in [0.1, 0.15) is 11.9 Å². The van der Waals surface area contributed by atoms with Gasteiger partial charge in [0, 0.05) is 18.5 Å². The van der Waals surface area contributed by atoms with Crippen molar-refractivity contribution in [3.05, 3.63) is 11.8 Å². The number of nitrogens with zero attached hydrogens (tertiary/aromatic N) is 1. The predicted molar refractivity (Wildman–Crippen MR) is 56.0 cm³/mol. The average Bonchev–Trinajstić information content (AvgIpc) is 2.84. The normalized spacial score (nSPS) is 19.5. The number of nitrogens with one attached hydrogen (secondary N) is 3. The van der Waals surface area contributed by atoms with E-state index in [0.29, 0.717) is 25.2 Å². The van der Waals surface area contributed by atoms with Crippen LogP contribution in [0.15, 0.2) is 6.20 Å². The van der Waals surface area contributed by atoms with E-state index < -0.39 is 6.04 Å². The van der Waals surface area contributed by atoms with E-state index in [-0.39, 0.29) is 11.8 Å². The van der Waals surface area contributed by atoms with Crippen LogP contribution in [0.3, 0.4) is 0 Å². The molecule has 16 heavy (non-hydrogen) atoms.